The summed E-state index contributed by atoms with van der Waals surface area (Å²) in [5, 5.41) is 6.89. The number of urea groups is 1. The van der Waals surface area contributed by atoms with Crippen LogP contribution in [-0.2, 0) is 6.54 Å². The van der Waals surface area contributed by atoms with Crippen LogP contribution in [0.3, 0.4) is 0 Å². The van der Waals surface area contributed by atoms with E-state index in [1.54, 1.807) is 7.11 Å². The number of piperazine rings is 1. The van der Waals surface area contributed by atoms with Crippen molar-refractivity contribution in [1.29, 1.82) is 0 Å². The van der Waals surface area contributed by atoms with Crippen molar-refractivity contribution in [2.45, 2.75) is 13.5 Å². The Morgan fingerprint density at radius 1 is 0.973 bits per heavy atom. The minimum atomic E-state index is -0.263. The van der Waals surface area contributed by atoms with Gasteiger partial charge in [-0.1, -0.05) is 53.0 Å². The maximum Gasteiger partial charge on any atom is 0.319 e. The standard InChI is InChI=1S/C28H32Cl2N4O3/c1-20-6-9-22(10-7-20)32-28(35)31-19-21-8-11-25(26(18-21)36-2)37-17-16-33-12-14-34(15-13-33)24-5-3-4-23(29)27(24)30/h3-11,18H,12-17,19H2,1-2H3,(H2,31,32,35). The highest BCUT2D eigenvalue weighted by Gasteiger charge is 2.20. The van der Waals surface area contributed by atoms with Gasteiger partial charge in [-0.25, -0.2) is 4.79 Å². The lowest BCUT2D eigenvalue weighted by atomic mass is 10.2. The number of ether oxygens (including phenoxy) is 2. The smallest absolute Gasteiger partial charge is 0.319 e. The minimum absolute atomic E-state index is 0.263. The fourth-order valence-electron chi connectivity index (χ4n) is 4.17. The molecule has 3 aromatic carbocycles. The molecule has 0 saturated carbocycles. The zero-order valence-corrected chi connectivity index (χ0v) is 22.6. The number of nitrogens with one attached hydrogen (secondary N) is 2. The first-order valence-electron chi connectivity index (χ1n) is 12.3. The number of hydrogen-bond acceptors (Lipinski definition) is 5. The SMILES string of the molecule is COc1cc(CNC(=O)Nc2ccc(C)cc2)ccc1OCCN1CCN(c2cccc(Cl)c2Cl)CC1. The molecule has 1 saturated heterocycles. The third-order valence-electron chi connectivity index (χ3n) is 6.30. The molecule has 3 aromatic rings. The van der Waals surface area contributed by atoms with Gasteiger partial charge >= 0.3 is 6.03 Å². The van der Waals surface area contributed by atoms with Crippen molar-refractivity contribution >= 4 is 40.6 Å². The third kappa shape index (κ3) is 7.44. The van der Waals surface area contributed by atoms with Crippen LogP contribution in [0.1, 0.15) is 11.1 Å². The number of methoxy groups -OCH3 is 1. The van der Waals surface area contributed by atoms with Crippen LogP contribution >= 0.6 is 23.2 Å². The average Bonchev–Trinajstić information content (AvgIpc) is 2.91. The molecule has 196 valence electrons. The third-order valence-corrected chi connectivity index (χ3v) is 7.11. The average molecular weight is 543 g/mol. The largest absolute Gasteiger partial charge is 0.493 e. The number of benzene rings is 3. The van der Waals surface area contributed by atoms with Gasteiger partial charge in [0.15, 0.2) is 11.5 Å². The zero-order chi connectivity index (χ0) is 26.2. The summed E-state index contributed by atoms with van der Waals surface area (Å²) in [4.78, 5) is 16.9. The highest BCUT2D eigenvalue weighted by Crippen LogP contribution is 2.33. The van der Waals surface area contributed by atoms with E-state index in [9.17, 15) is 4.79 Å². The highest BCUT2D eigenvalue weighted by atomic mass is 35.5. The Balaban J connectivity index is 1.21. The lowest BCUT2D eigenvalue weighted by Crippen LogP contribution is -2.47. The maximum absolute atomic E-state index is 12.2. The molecule has 0 unspecified atom stereocenters. The summed E-state index contributed by atoms with van der Waals surface area (Å²) in [7, 11) is 1.61. The molecule has 0 aliphatic carbocycles. The predicted octanol–water partition coefficient (Wildman–Crippen LogP) is 5.83. The van der Waals surface area contributed by atoms with Crippen LogP contribution in [0, 0.1) is 6.92 Å². The molecule has 37 heavy (non-hydrogen) atoms. The fraction of sp³-hybridized carbons (Fsp3) is 0.321. The van der Waals surface area contributed by atoms with Gasteiger partial charge in [-0.3, -0.25) is 4.90 Å². The first-order chi connectivity index (χ1) is 17.9. The zero-order valence-electron chi connectivity index (χ0n) is 21.1. The van der Waals surface area contributed by atoms with E-state index in [2.05, 4.69) is 20.4 Å². The van der Waals surface area contributed by atoms with Gasteiger partial charge in [0.1, 0.15) is 6.61 Å². The first kappa shape index (κ1) is 26.9. The van der Waals surface area contributed by atoms with E-state index in [0.29, 0.717) is 34.7 Å². The van der Waals surface area contributed by atoms with Gasteiger partial charge in [-0.15, -0.1) is 0 Å². The van der Waals surface area contributed by atoms with Crippen molar-refractivity contribution in [3.05, 3.63) is 81.8 Å². The molecule has 9 heteroatoms. The molecule has 2 N–H and O–H groups in total. The highest BCUT2D eigenvalue weighted by molar-refractivity contribution is 6.43. The molecule has 1 aliphatic heterocycles. The van der Waals surface area contributed by atoms with E-state index < -0.39 is 0 Å². The molecule has 1 heterocycles. The van der Waals surface area contributed by atoms with Crippen LogP contribution in [0.4, 0.5) is 16.2 Å². The Morgan fingerprint density at radius 2 is 1.73 bits per heavy atom. The Bertz CT molecular complexity index is 1200. The van der Waals surface area contributed by atoms with E-state index in [1.807, 2.05) is 67.6 Å². The predicted molar refractivity (Wildman–Crippen MR) is 151 cm³/mol. The monoisotopic (exact) mass is 542 g/mol. The topological polar surface area (TPSA) is 66.1 Å². The summed E-state index contributed by atoms with van der Waals surface area (Å²) in [5.74, 6) is 1.32. The van der Waals surface area contributed by atoms with Crippen LogP contribution in [0.2, 0.25) is 10.0 Å². The second-order valence-corrected chi connectivity index (χ2v) is 9.69. The van der Waals surface area contributed by atoms with Crippen LogP contribution in [0.25, 0.3) is 0 Å². The van der Waals surface area contributed by atoms with Crippen molar-refractivity contribution in [1.82, 2.24) is 10.2 Å². The number of carbonyl (C=O) groups excluding carboxylic acids is 1. The van der Waals surface area contributed by atoms with Crippen LogP contribution in [0.15, 0.2) is 60.7 Å². The van der Waals surface area contributed by atoms with Crippen molar-refractivity contribution in [3.63, 3.8) is 0 Å². The molecule has 1 aliphatic rings. The van der Waals surface area contributed by atoms with Crippen molar-refractivity contribution < 1.29 is 14.3 Å². The van der Waals surface area contributed by atoms with E-state index >= 15 is 0 Å². The lowest BCUT2D eigenvalue weighted by molar-refractivity contribution is 0.197. The molecule has 0 atom stereocenters. The molecule has 0 aromatic heterocycles. The summed E-state index contributed by atoms with van der Waals surface area (Å²) in [5.41, 5.74) is 3.79. The van der Waals surface area contributed by atoms with E-state index in [-0.39, 0.29) is 6.03 Å². The molecular formula is C28H32Cl2N4O3. The molecule has 0 spiro atoms. The molecular weight excluding hydrogens is 511 g/mol. The molecule has 0 radical (unpaired) electrons. The molecule has 1 fully saturated rings. The number of nitrogens with zero attached hydrogens (tertiary/aromatic N) is 2. The number of rotatable bonds is 9. The molecule has 4 rings (SSSR count). The molecule has 2 amide bonds. The van der Waals surface area contributed by atoms with Crippen molar-refractivity contribution in [2.75, 3.05) is 56.7 Å². The van der Waals surface area contributed by atoms with Crippen LogP contribution < -0.4 is 25.0 Å². The van der Waals surface area contributed by atoms with Crippen LogP contribution in [-0.4, -0.2) is 57.4 Å². The normalized spacial score (nSPS) is 13.8. The summed E-state index contributed by atoms with van der Waals surface area (Å²) < 4.78 is 11.6. The Labute approximate surface area is 228 Å². The quantitative estimate of drug-likeness (QED) is 0.356. The number of anilines is 2. The van der Waals surface area contributed by atoms with Gasteiger partial charge in [-0.2, -0.15) is 0 Å². The fourth-order valence-corrected chi connectivity index (χ4v) is 4.58. The van der Waals surface area contributed by atoms with Gasteiger partial charge in [0.05, 0.1) is 22.8 Å². The number of hydrogen-bond donors (Lipinski definition) is 2. The van der Waals surface area contributed by atoms with Gasteiger partial charge in [0.25, 0.3) is 0 Å². The Kier molecular flexibility index (Phi) is 9.39. The maximum atomic E-state index is 12.2. The number of carbonyl (C=O) groups is 1. The Morgan fingerprint density at radius 3 is 2.46 bits per heavy atom. The van der Waals surface area contributed by atoms with E-state index in [4.69, 9.17) is 32.7 Å². The van der Waals surface area contributed by atoms with Gasteiger partial charge < -0.3 is 25.0 Å². The van der Waals surface area contributed by atoms with Crippen LogP contribution in [0.5, 0.6) is 11.5 Å². The Hall–Kier alpha value is -3.13. The summed E-state index contributed by atoms with van der Waals surface area (Å²) >= 11 is 12.6. The lowest BCUT2D eigenvalue weighted by Gasteiger charge is -2.36. The van der Waals surface area contributed by atoms with Gasteiger partial charge in [0.2, 0.25) is 0 Å². The van der Waals surface area contributed by atoms with E-state index in [0.717, 1.165) is 55.2 Å². The van der Waals surface area contributed by atoms with Gasteiger partial charge in [-0.05, 0) is 48.9 Å². The molecule has 0 bridgehead atoms. The second kappa shape index (κ2) is 12.9. The number of amides is 2. The summed E-state index contributed by atoms with van der Waals surface area (Å²) in [6.45, 7) is 7.32. The van der Waals surface area contributed by atoms with E-state index in [1.165, 1.54) is 0 Å². The summed E-state index contributed by atoms with van der Waals surface area (Å²) in [6, 6.07) is 18.8. The van der Waals surface area contributed by atoms with Crippen molar-refractivity contribution in [2.24, 2.45) is 0 Å². The number of aryl methyl sites for hydroxylation is 1. The molecule has 7 nitrogen and oxygen atoms in total. The minimum Gasteiger partial charge on any atom is -0.493 e. The number of halogens is 2. The second-order valence-electron chi connectivity index (χ2n) is 8.91. The first-order valence-corrected chi connectivity index (χ1v) is 13.0. The van der Waals surface area contributed by atoms with Crippen molar-refractivity contribution in [3.8, 4) is 11.5 Å². The summed E-state index contributed by atoms with van der Waals surface area (Å²) in [6.07, 6.45) is 0. The van der Waals surface area contributed by atoms with Gasteiger partial charge in [0, 0.05) is 45.0 Å².